The first-order chi connectivity index (χ1) is 9.79. The predicted octanol–water partition coefficient (Wildman–Crippen LogP) is 3.67. The number of thiazole rings is 1. The third kappa shape index (κ3) is 2.50. The second-order valence-corrected chi connectivity index (χ2v) is 5.99. The Morgan fingerprint density at radius 2 is 2.50 bits per heavy atom. The second-order valence-electron chi connectivity index (χ2n) is 5.05. The van der Waals surface area contributed by atoms with Crippen LogP contribution in [0.2, 0.25) is 0 Å². The van der Waals surface area contributed by atoms with Gasteiger partial charge in [0, 0.05) is 11.9 Å². The number of nitrogens with zero attached hydrogens (tertiary/aromatic N) is 2. The molecule has 0 saturated carbocycles. The third-order valence-electron chi connectivity index (χ3n) is 3.62. The molecule has 0 bridgehead atoms. The normalized spacial score (nSPS) is 18.6. The van der Waals surface area contributed by atoms with Crippen LogP contribution in [0.1, 0.15) is 53.5 Å². The zero-order valence-electron chi connectivity index (χ0n) is 11.5. The van der Waals surface area contributed by atoms with Crippen LogP contribution in [0.15, 0.2) is 28.2 Å². The minimum atomic E-state index is 0.0301. The number of carbonyl (C=O) groups excluding carboxylic acids is 1. The van der Waals surface area contributed by atoms with Crippen molar-refractivity contribution < 1.29 is 9.21 Å². The van der Waals surface area contributed by atoms with E-state index >= 15 is 0 Å². The summed E-state index contributed by atoms with van der Waals surface area (Å²) >= 11 is 1.58. The van der Waals surface area contributed by atoms with E-state index < -0.39 is 0 Å². The van der Waals surface area contributed by atoms with Crippen molar-refractivity contribution in [2.75, 3.05) is 6.54 Å². The maximum atomic E-state index is 12.6. The van der Waals surface area contributed by atoms with Crippen molar-refractivity contribution in [3.05, 3.63) is 40.2 Å². The summed E-state index contributed by atoms with van der Waals surface area (Å²) in [5.74, 6) is 0.905. The molecule has 1 fully saturated rings. The van der Waals surface area contributed by atoms with Crippen LogP contribution in [0.4, 0.5) is 0 Å². The van der Waals surface area contributed by atoms with Gasteiger partial charge in [0.25, 0.3) is 5.91 Å². The monoisotopic (exact) mass is 290 g/mol. The minimum Gasteiger partial charge on any atom is -0.467 e. The molecule has 2 aromatic heterocycles. The van der Waals surface area contributed by atoms with E-state index in [0.717, 1.165) is 43.0 Å². The van der Waals surface area contributed by atoms with Gasteiger partial charge in [0.15, 0.2) is 0 Å². The molecule has 3 rings (SSSR count). The smallest absolute Gasteiger partial charge is 0.273 e. The summed E-state index contributed by atoms with van der Waals surface area (Å²) in [5.41, 5.74) is 0.580. The first-order valence-electron chi connectivity index (χ1n) is 7.08. The van der Waals surface area contributed by atoms with E-state index in [1.54, 1.807) is 17.6 Å². The summed E-state index contributed by atoms with van der Waals surface area (Å²) in [4.78, 5) is 18.9. The van der Waals surface area contributed by atoms with Gasteiger partial charge in [-0.15, -0.1) is 11.3 Å². The van der Waals surface area contributed by atoms with Crippen LogP contribution in [-0.4, -0.2) is 22.3 Å². The van der Waals surface area contributed by atoms with Crippen molar-refractivity contribution in [3.8, 4) is 0 Å². The van der Waals surface area contributed by atoms with E-state index in [1.165, 1.54) is 0 Å². The Kier molecular flexibility index (Phi) is 3.87. The third-order valence-corrected chi connectivity index (χ3v) is 4.53. The second kappa shape index (κ2) is 5.79. The molecular formula is C15H18N2O2S. The number of aromatic nitrogens is 1. The van der Waals surface area contributed by atoms with Gasteiger partial charge in [0.2, 0.25) is 0 Å². The summed E-state index contributed by atoms with van der Waals surface area (Å²) in [7, 11) is 0. The van der Waals surface area contributed by atoms with Crippen LogP contribution in [0.25, 0.3) is 0 Å². The van der Waals surface area contributed by atoms with Gasteiger partial charge >= 0.3 is 0 Å². The Balaban J connectivity index is 1.78. The van der Waals surface area contributed by atoms with E-state index in [1.807, 2.05) is 22.4 Å². The van der Waals surface area contributed by atoms with Crippen molar-refractivity contribution in [1.82, 2.24) is 9.88 Å². The van der Waals surface area contributed by atoms with Gasteiger partial charge in [0.1, 0.15) is 11.5 Å². The lowest BCUT2D eigenvalue weighted by atomic mass is 10.1. The number of rotatable bonds is 4. The van der Waals surface area contributed by atoms with Gasteiger partial charge in [0.05, 0.1) is 17.3 Å². The fourth-order valence-electron chi connectivity index (χ4n) is 2.67. The quantitative estimate of drug-likeness (QED) is 0.863. The first kappa shape index (κ1) is 13.4. The molecular weight excluding hydrogens is 272 g/mol. The van der Waals surface area contributed by atoms with E-state index in [-0.39, 0.29) is 11.9 Å². The average molecular weight is 290 g/mol. The van der Waals surface area contributed by atoms with Gasteiger partial charge in [-0.05, 0) is 37.8 Å². The fraction of sp³-hybridized carbons (Fsp3) is 0.467. The molecule has 5 heteroatoms. The molecule has 1 atom stereocenters. The van der Waals surface area contributed by atoms with Crippen molar-refractivity contribution in [3.63, 3.8) is 0 Å². The largest absolute Gasteiger partial charge is 0.467 e. The number of hydrogen-bond donors (Lipinski definition) is 0. The lowest BCUT2D eigenvalue weighted by molar-refractivity contribution is 0.0714. The molecule has 4 nitrogen and oxygen atoms in total. The van der Waals surface area contributed by atoms with Gasteiger partial charge in [-0.3, -0.25) is 4.79 Å². The highest BCUT2D eigenvalue weighted by Gasteiger charge is 2.33. The lowest BCUT2D eigenvalue weighted by Crippen LogP contribution is -2.30. The highest BCUT2D eigenvalue weighted by Crippen LogP contribution is 2.33. The van der Waals surface area contributed by atoms with Crippen molar-refractivity contribution in [2.45, 2.75) is 38.6 Å². The SMILES string of the molecule is CCCc1nc(C(=O)N2CCCC2c2ccco2)cs1. The number of aryl methyl sites for hydroxylation is 1. The molecule has 0 spiro atoms. The number of amides is 1. The van der Waals surface area contributed by atoms with Crippen molar-refractivity contribution >= 4 is 17.2 Å². The molecule has 2 aromatic rings. The van der Waals surface area contributed by atoms with Crippen LogP contribution >= 0.6 is 11.3 Å². The zero-order valence-corrected chi connectivity index (χ0v) is 12.4. The Hall–Kier alpha value is -1.62. The number of hydrogen-bond acceptors (Lipinski definition) is 4. The summed E-state index contributed by atoms with van der Waals surface area (Å²) in [5, 5.41) is 2.93. The number of carbonyl (C=O) groups is 1. The van der Waals surface area contributed by atoms with E-state index in [9.17, 15) is 4.79 Å². The van der Waals surface area contributed by atoms with Crippen LogP contribution in [0.3, 0.4) is 0 Å². The van der Waals surface area contributed by atoms with E-state index in [4.69, 9.17) is 4.42 Å². The molecule has 0 radical (unpaired) electrons. The molecule has 1 saturated heterocycles. The number of likely N-dealkylation sites (tertiary alicyclic amines) is 1. The van der Waals surface area contributed by atoms with Gasteiger partial charge in [-0.2, -0.15) is 0 Å². The first-order valence-corrected chi connectivity index (χ1v) is 7.96. The number of furan rings is 1. The van der Waals surface area contributed by atoms with Gasteiger partial charge < -0.3 is 9.32 Å². The summed E-state index contributed by atoms with van der Waals surface area (Å²) in [6, 6.07) is 3.88. The standard InChI is InChI=1S/C15H18N2O2S/c1-2-5-14-16-11(10-20-14)15(18)17-8-3-6-12(17)13-7-4-9-19-13/h4,7,9-10,12H,2-3,5-6,8H2,1H3. The van der Waals surface area contributed by atoms with E-state index in [2.05, 4.69) is 11.9 Å². The van der Waals surface area contributed by atoms with Crippen LogP contribution in [0.5, 0.6) is 0 Å². The Bertz CT molecular complexity index is 576. The maximum Gasteiger partial charge on any atom is 0.273 e. The Labute approximate surface area is 122 Å². The van der Waals surface area contributed by atoms with Crippen LogP contribution in [-0.2, 0) is 6.42 Å². The van der Waals surface area contributed by atoms with Crippen molar-refractivity contribution in [2.24, 2.45) is 0 Å². The molecule has 0 N–H and O–H groups in total. The molecule has 1 unspecified atom stereocenters. The van der Waals surface area contributed by atoms with Crippen LogP contribution in [0, 0.1) is 0 Å². The molecule has 1 aliphatic rings. The van der Waals surface area contributed by atoms with Gasteiger partial charge in [-0.25, -0.2) is 4.98 Å². The summed E-state index contributed by atoms with van der Waals surface area (Å²) in [6.07, 6.45) is 5.65. The molecule has 1 aliphatic heterocycles. The highest BCUT2D eigenvalue weighted by molar-refractivity contribution is 7.09. The molecule has 20 heavy (non-hydrogen) atoms. The predicted molar refractivity (Wildman–Crippen MR) is 77.8 cm³/mol. The van der Waals surface area contributed by atoms with Crippen molar-refractivity contribution in [1.29, 1.82) is 0 Å². The molecule has 1 amide bonds. The molecule has 0 aromatic carbocycles. The highest BCUT2D eigenvalue weighted by atomic mass is 32.1. The Morgan fingerprint density at radius 1 is 1.60 bits per heavy atom. The molecule has 0 aliphatic carbocycles. The summed E-state index contributed by atoms with van der Waals surface area (Å²) in [6.45, 7) is 2.90. The Morgan fingerprint density at radius 3 is 3.25 bits per heavy atom. The zero-order chi connectivity index (χ0) is 13.9. The molecule has 106 valence electrons. The van der Waals surface area contributed by atoms with Crippen LogP contribution < -0.4 is 0 Å². The fourth-order valence-corrected chi connectivity index (χ4v) is 3.55. The molecule has 3 heterocycles. The lowest BCUT2D eigenvalue weighted by Gasteiger charge is -2.22. The summed E-state index contributed by atoms with van der Waals surface area (Å²) < 4.78 is 5.47. The van der Waals surface area contributed by atoms with Gasteiger partial charge in [-0.1, -0.05) is 6.92 Å². The minimum absolute atomic E-state index is 0.0301. The average Bonchev–Trinajstić information content (AvgIpc) is 3.19. The topological polar surface area (TPSA) is 46.3 Å². The van der Waals surface area contributed by atoms with E-state index in [0.29, 0.717) is 5.69 Å². The maximum absolute atomic E-state index is 12.6.